The van der Waals surface area contributed by atoms with Crippen LogP contribution in [-0.4, -0.2) is 41.8 Å². The number of aromatic hydroxyl groups is 1. The Balaban J connectivity index is 0.000000741. The van der Waals surface area contributed by atoms with Crippen LogP contribution in [0.5, 0.6) is 5.75 Å². The third-order valence-corrected chi connectivity index (χ3v) is 7.03. The van der Waals surface area contributed by atoms with Crippen molar-refractivity contribution in [2.45, 2.75) is 148 Å². The van der Waals surface area contributed by atoms with E-state index in [1.54, 1.807) is 12.1 Å². The SMILES string of the molecule is CCCCCCCCCCCCCCCCCC(=O)O.CCCCCNC(Cc1ccc(O)cc1)C(=O)OC. The average molecular weight is 550 g/mol. The Morgan fingerprint density at radius 1 is 0.718 bits per heavy atom. The maximum atomic E-state index is 11.7. The molecule has 1 unspecified atom stereocenters. The highest BCUT2D eigenvalue weighted by Crippen LogP contribution is 2.14. The van der Waals surface area contributed by atoms with Gasteiger partial charge in [-0.15, -0.1) is 0 Å². The van der Waals surface area contributed by atoms with E-state index in [2.05, 4.69) is 19.2 Å². The molecule has 0 spiro atoms. The van der Waals surface area contributed by atoms with E-state index in [9.17, 15) is 14.7 Å². The summed E-state index contributed by atoms with van der Waals surface area (Å²) in [5, 5.41) is 21.0. The number of carboxylic acids is 1. The van der Waals surface area contributed by atoms with E-state index in [1.807, 2.05) is 12.1 Å². The molecule has 0 fully saturated rings. The molecule has 1 atom stereocenters. The molecule has 1 rings (SSSR count). The minimum absolute atomic E-state index is 0.231. The number of esters is 1. The molecular weight excluding hydrogens is 490 g/mol. The van der Waals surface area contributed by atoms with Crippen molar-refractivity contribution in [3.05, 3.63) is 29.8 Å². The maximum Gasteiger partial charge on any atom is 0.323 e. The summed E-state index contributed by atoms with van der Waals surface area (Å²) in [6.07, 6.45) is 24.1. The highest BCUT2D eigenvalue weighted by atomic mass is 16.5. The molecule has 0 bridgehead atoms. The zero-order chi connectivity index (χ0) is 29.0. The minimum Gasteiger partial charge on any atom is -0.508 e. The van der Waals surface area contributed by atoms with Crippen molar-refractivity contribution < 1.29 is 24.5 Å². The van der Waals surface area contributed by atoms with Crippen molar-refractivity contribution in [2.75, 3.05) is 13.7 Å². The number of unbranched alkanes of at least 4 members (excludes halogenated alkanes) is 16. The lowest BCUT2D eigenvalue weighted by Crippen LogP contribution is -2.39. The van der Waals surface area contributed by atoms with Crippen LogP contribution in [0.3, 0.4) is 0 Å². The first kappa shape index (κ1) is 36.9. The number of aliphatic carboxylic acids is 1. The van der Waals surface area contributed by atoms with Crippen molar-refractivity contribution in [3.8, 4) is 5.75 Å². The Bertz CT molecular complexity index is 692. The van der Waals surface area contributed by atoms with Crippen LogP contribution >= 0.6 is 0 Å². The van der Waals surface area contributed by atoms with Gasteiger partial charge in [0.25, 0.3) is 0 Å². The summed E-state index contributed by atoms with van der Waals surface area (Å²) < 4.78 is 4.81. The highest BCUT2D eigenvalue weighted by molar-refractivity contribution is 5.76. The van der Waals surface area contributed by atoms with Gasteiger partial charge in [-0.25, -0.2) is 0 Å². The van der Waals surface area contributed by atoms with E-state index < -0.39 is 5.97 Å². The molecule has 3 N–H and O–H groups in total. The highest BCUT2D eigenvalue weighted by Gasteiger charge is 2.18. The molecule has 6 heteroatoms. The van der Waals surface area contributed by atoms with E-state index in [0.717, 1.165) is 44.2 Å². The number of hydrogen-bond donors (Lipinski definition) is 3. The van der Waals surface area contributed by atoms with Gasteiger partial charge >= 0.3 is 11.9 Å². The number of phenols is 1. The number of carbonyl (C=O) groups excluding carboxylic acids is 1. The zero-order valence-electron chi connectivity index (χ0n) is 25.4. The molecule has 0 amide bonds. The monoisotopic (exact) mass is 549 g/mol. The molecule has 0 aliphatic heterocycles. The normalized spacial score (nSPS) is 11.5. The first-order chi connectivity index (χ1) is 18.9. The second-order valence-electron chi connectivity index (χ2n) is 10.7. The van der Waals surface area contributed by atoms with E-state index in [-0.39, 0.29) is 17.8 Å². The van der Waals surface area contributed by atoms with Gasteiger partial charge in [-0.3, -0.25) is 9.59 Å². The molecule has 0 heterocycles. The summed E-state index contributed by atoms with van der Waals surface area (Å²) in [5.74, 6) is -0.668. The summed E-state index contributed by atoms with van der Waals surface area (Å²) in [4.78, 5) is 22.0. The smallest absolute Gasteiger partial charge is 0.323 e. The predicted octanol–water partition coefficient (Wildman–Crippen LogP) is 8.59. The van der Waals surface area contributed by atoms with Crippen LogP contribution in [0.25, 0.3) is 0 Å². The molecule has 0 aromatic heterocycles. The van der Waals surface area contributed by atoms with Gasteiger partial charge in [0.2, 0.25) is 0 Å². The van der Waals surface area contributed by atoms with Crippen molar-refractivity contribution >= 4 is 11.9 Å². The summed E-state index contributed by atoms with van der Waals surface area (Å²) in [6, 6.07) is 6.56. The second kappa shape index (κ2) is 27.5. The number of benzene rings is 1. The number of ether oxygens (including phenoxy) is 1. The van der Waals surface area contributed by atoms with E-state index >= 15 is 0 Å². The largest absolute Gasteiger partial charge is 0.508 e. The summed E-state index contributed by atoms with van der Waals surface area (Å²) in [5.41, 5.74) is 0.996. The molecule has 0 saturated carbocycles. The van der Waals surface area contributed by atoms with Gasteiger partial charge in [-0.1, -0.05) is 129 Å². The zero-order valence-corrected chi connectivity index (χ0v) is 25.4. The predicted molar refractivity (Wildman–Crippen MR) is 162 cm³/mol. The number of phenolic OH excluding ortho intramolecular Hbond substituents is 1. The van der Waals surface area contributed by atoms with Crippen LogP contribution in [-0.2, 0) is 20.7 Å². The number of nitrogens with one attached hydrogen (secondary N) is 1. The van der Waals surface area contributed by atoms with Crippen molar-refractivity contribution in [3.63, 3.8) is 0 Å². The van der Waals surface area contributed by atoms with Gasteiger partial charge in [-0.05, 0) is 43.5 Å². The molecule has 1 aromatic carbocycles. The second-order valence-corrected chi connectivity index (χ2v) is 10.7. The lowest BCUT2D eigenvalue weighted by Gasteiger charge is -2.16. The Morgan fingerprint density at radius 3 is 1.59 bits per heavy atom. The van der Waals surface area contributed by atoms with Crippen LogP contribution in [0.15, 0.2) is 24.3 Å². The molecule has 6 nitrogen and oxygen atoms in total. The topological polar surface area (TPSA) is 95.9 Å². The standard InChI is InChI=1S/C18H36O2.C15H23NO3/c1-2-3-4-5-6-7-8-9-10-11-12-13-14-15-16-17-18(19)20;1-3-4-5-10-16-14(15(18)19-2)11-12-6-8-13(17)9-7-12/h2-17H2,1H3,(H,19,20);6-9,14,16-17H,3-5,10-11H2,1-2H3. The van der Waals surface area contributed by atoms with Crippen LogP contribution in [0.1, 0.15) is 141 Å². The molecular formula is C33H59NO5. The number of carboxylic acid groups (broad SMARTS) is 1. The lowest BCUT2D eigenvalue weighted by atomic mass is 10.0. The summed E-state index contributed by atoms with van der Waals surface area (Å²) in [7, 11) is 1.40. The average Bonchev–Trinajstić information content (AvgIpc) is 2.93. The Labute approximate surface area is 239 Å². The van der Waals surface area contributed by atoms with Crippen molar-refractivity contribution in [2.24, 2.45) is 0 Å². The van der Waals surface area contributed by atoms with Crippen LogP contribution in [0, 0.1) is 0 Å². The number of rotatable bonds is 24. The molecule has 0 saturated heterocycles. The van der Waals surface area contributed by atoms with Gasteiger partial charge in [0.15, 0.2) is 0 Å². The van der Waals surface area contributed by atoms with Crippen LogP contribution in [0.2, 0.25) is 0 Å². The van der Waals surface area contributed by atoms with Gasteiger partial charge in [-0.2, -0.15) is 0 Å². The van der Waals surface area contributed by atoms with Crippen molar-refractivity contribution in [1.82, 2.24) is 5.32 Å². The molecule has 226 valence electrons. The lowest BCUT2D eigenvalue weighted by molar-refractivity contribution is -0.143. The Kier molecular flexibility index (Phi) is 26.0. The molecule has 0 radical (unpaired) electrons. The summed E-state index contributed by atoms with van der Waals surface area (Å²) >= 11 is 0. The third kappa shape index (κ3) is 24.7. The van der Waals surface area contributed by atoms with Gasteiger partial charge in [0.05, 0.1) is 7.11 Å². The summed E-state index contributed by atoms with van der Waals surface area (Å²) in [6.45, 7) is 5.23. The minimum atomic E-state index is -0.653. The fourth-order valence-corrected chi connectivity index (χ4v) is 4.55. The number of methoxy groups -OCH3 is 1. The van der Waals surface area contributed by atoms with Crippen LogP contribution in [0.4, 0.5) is 0 Å². The van der Waals surface area contributed by atoms with Gasteiger partial charge in [0.1, 0.15) is 11.8 Å². The Morgan fingerprint density at radius 2 is 1.15 bits per heavy atom. The molecule has 0 aliphatic rings. The molecule has 1 aromatic rings. The van der Waals surface area contributed by atoms with Crippen molar-refractivity contribution in [1.29, 1.82) is 0 Å². The number of carbonyl (C=O) groups is 2. The Hall–Kier alpha value is -2.08. The quantitative estimate of drug-likeness (QED) is 0.0882. The molecule has 39 heavy (non-hydrogen) atoms. The molecule has 0 aliphatic carbocycles. The fraction of sp³-hybridized carbons (Fsp3) is 0.758. The van der Waals surface area contributed by atoms with E-state index in [0.29, 0.717) is 12.8 Å². The first-order valence-corrected chi connectivity index (χ1v) is 15.7. The van der Waals surface area contributed by atoms with Gasteiger partial charge in [0, 0.05) is 6.42 Å². The third-order valence-electron chi connectivity index (χ3n) is 7.03. The fourth-order valence-electron chi connectivity index (χ4n) is 4.55. The van der Waals surface area contributed by atoms with Crippen LogP contribution < -0.4 is 5.32 Å². The van der Waals surface area contributed by atoms with E-state index in [1.165, 1.54) is 90.6 Å². The van der Waals surface area contributed by atoms with Gasteiger partial charge < -0.3 is 20.3 Å². The number of hydrogen-bond acceptors (Lipinski definition) is 5. The van der Waals surface area contributed by atoms with E-state index in [4.69, 9.17) is 9.84 Å². The maximum absolute atomic E-state index is 11.7. The first-order valence-electron chi connectivity index (χ1n) is 15.7.